The van der Waals surface area contributed by atoms with Crippen molar-refractivity contribution >= 4 is 27.1 Å². The van der Waals surface area contributed by atoms with Crippen molar-refractivity contribution in [3.63, 3.8) is 0 Å². The number of benzene rings is 2. The van der Waals surface area contributed by atoms with Crippen LogP contribution in [0.2, 0.25) is 0 Å². The first kappa shape index (κ1) is 18.3. The molecular formula is C18H18F2N2O3S. The zero-order valence-electron chi connectivity index (χ0n) is 14.1. The van der Waals surface area contributed by atoms with Gasteiger partial charge in [0.2, 0.25) is 0 Å². The van der Waals surface area contributed by atoms with Gasteiger partial charge in [-0.15, -0.1) is 0 Å². The molecule has 1 aliphatic rings. The zero-order valence-corrected chi connectivity index (χ0v) is 14.9. The molecule has 3 rings (SSSR count). The van der Waals surface area contributed by atoms with Crippen LogP contribution in [0, 0.1) is 11.6 Å². The van der Waals surface area contributed by atoms with Gasteiger partial charge < -0.3 is 10.2 Å². The molecule has 1 fully saturated rings. The molecule has 0 atom stereocenters. The highest BCUT2D eigenvalue weighted by atomic mass is 32.2. The van der Waals surface area contributed by atoms with Crippen LogP contribution < -0.4 is 10.2 Å². The Morgan fingerprint density at radius 3 is 2.23 bits per heavy atom. The molecule has 0 bridgehead atoms. The second kappa shape index (κ2) is 7.03. The average molecular weight is 380 g/mol. The highest BCUT2D eigenvalue weighted by Crippen LogP contribution is 2.30. The molecule has 1 heterocycles. The van der Waals surface area contributed by atoms with Crippen molar-refractivity contribution < 1.29 is 22.0 Å². The molecule has 5 nitrogen and oxygen atoms in total. The summed E-state index contributed by atoms with van der Waals surface area (Å²) in [5, 5.41) is 2.37. The van der Waals surface area contributed by atoms with Crippen LogP contribution in [-0.4, -0.2) is 33.7 Å². The zero-order chi connectivity index (χ0) is 18.9. The van der Waals surface area contributed by atoms with Gasteiger partial charge in [-0.2, -0.15) is 0 Å². The van der Waals surface area contributed by atoms with E-state index >= 15 is 0 Å². The summed E-state index contributed by atoms with van der Waals surface area (Å²) in [5.41, 5.74) is -0.257. The fourth-order valence-corrected chi connectivity index (χ4v) is 3.94. The summed E-state index contributed by atoms with van der Waals surface area (Å²) in [6.07, 6.45) is 2.74. The second-order valence-corrected chi connectivity index (χ2v) is 8.19. The highest BCUT2D eigenvalue weighted by Gasteiger charge is 2.23. The van der Waals surface area contributed by atoms with Gasteiger partial charge in [0.05, 0.1) is 10.5 Å². The van der Waals surface area contributed by atoms with E-state index in [1.54, 1.807) is 4.90 Å². The molecule has 2 aromatic rings. The minimum absolute atomic E-state index is 0.0729. The van der Waals surface area contributed by atoms with E-state index in [0.29, 0.717) is 13.1 Å². The Morgan fingerprint density at radius 2 is 1.65 bits per heavy atom. The summed E-state index contributed by atoms with van der Waals surface area (Å²) < 4.78 is 52.3. The number of hydrogen-bond acceptors (Lipinski definition) is 4. The second-order valence-electron chi connectivity index (χ2n) is 6.21. The monoisotopic (exact) mass is 380 g/mol. The molecule has 0 aromatic heterocycles. The Labute approximate surface area is 150 Å². The van der Waals surface area contributed by atoms with Crippen LogP contribution in [0.3, 0.4) is 0 Å². The maximum absolute atomic E-state index is 14.4. The maximum atomic E-state index is 14.4. The Kier molecular flexibility index (Phi) is 4.95. The van der Waals surface area contributed by atoms with Gasteiger partial charge in [0.1, 0.15) is 5.69 Å². The Bertz CT molecular complexity index is 932. The molecule has 1 aliphatic heterocycles. The van der Waals surface area contributed by atoms with E-state index in [4.69, 9.17) is 0 Å². The quantitative estimate of drug-likeness (QED) is 0.885. The topological polar surface area (TPSA) is 66.5 Å². The summed E-state index contributed by atoms with van der Waals surface area (Å²) in [4.78, 5) is 13.9. The van der Waals surface area contributed by atoms with Gasteiger partial charge in [0.15, 0.2) is 21.5 Å². The molecule has 0 spiro atoms. The first-order valence-electron chi connectivity index (χ1n) is 8.12. The molecule has 26 heavy (non-hydrogen) atoms. The fraction of sp³-hybridized carbons (Fsp3) is 0.278. The fourth-order valence-electron chi connectivity index (χ4n) is 3.06. The minimum Gasteiger partial charge on any atom is -0.367 e. The largest absolute Gasteiger partial charge is 0.367 e. The highest BCUT2D eigenvalue weighted by molar-refractivity contribution is 7.90. The molecule has 2 aromatic carbocycles. The van der Waals surface area contributed by atoms with E-state index in [-0.39, 0.29) is 21.8 Å². The molecule has 1 amide bonds. The van der Waals surface area contributed by atoms with Crippen molar-refractivity contribution in [2.75, 3.05) is 29.6 Å². The van der Waals surface area contributed by atoms with Crippen LogP contribution in [0.25, 0.3) is 0 Å². The van der Waals surface area contributed by atoms with Crippen LogP contribution in [0.4, 0.5) is 20.2 Å². The summed E-state index contributed by atoms with van der Waals surface area (Å²) in [7, 11) is -3.62. The average Bonchev–Trinajstić information content (AvgIpc) is 3.07. The molecule has 138 valence electrons. The Balaban J connectivity index is 1.89. The minimum atomic E-state index is -3.62. The third-order valence-electron chi connectivity index (χ3n) is 4.23. The molecular weight excluding hydrogens is 362 g/mol. The molecule has 1 N–H and O–H groups in total. The number of nitrogens with one attached hydrogen (secondary N) is 1. The molecule has 0 saturated carbocycles. The molecule has 8 heteroatoms. The van der Waals surface area contributed by atoms with Gasteiger partial charge in [0, 0.05) is 25.0 Å². The van der Waals surface area contributed by atoms with Crippen LogP contribution >= 0.6 is 0 Å². The van der Waals surface area contributed by atoms with Crippen LogP contribution in [0.5, 0.6) is 0 Å². The summed E-state index contributed by atoms with van der Waals surface area (Å²) in [6, 6.07) is 7.74. The normalized spacial score (nSPS) is 14.5. The number of rotatable bonds is 4. The SMILES string of the molecule is CS(=O)(=O)c1ccccc1C(=O)Nc1cc(F)c(N2CCCC2)c(F)c1. The van der Waals surface area contributed by atoms with E-state index in [9.17, 15) is 22.0 Å². The van der Waals surface area contributed by atoms with Crippen LogP contribution in [0.1, 0.15) is 23.2 Å². The lowest BCUT2D eigenvalue weighted by atomic mass is 10.2. The predicted octanol–water partition coefficient (Wildman–Crippen LogP) is 3.22. The number of amides is 1. The number of nitrogens with zero attached hydrogens (tertiary/aromatic N) is 1. The van der Waals surface area contributed by atoms with Gasteiger partial charge in [-0.25, -0.2) is 17.2 Å². The molecule has 0 radical (unpaired) electrons. The van der Waals surface area contributed by atoms with Crippen molar-refractivity contribution in [2.24, 2.45) is 0 Å². The third-order valence-corrected chi connectivity index (χ3v) is 5.38. The Morgan fingerprint density at radius 1 is 1.08 bits per heavy atom. The molecule has 0 unspecified atom stereocenters. The first-order valence-corrected chi connectivity index (χ1v) is 10.0. The first-order chi connectivity index (χ1) is 12.3. The van der Waals surface area contributed by atoms with E-state index in [2.05, 4.69) is 5.32 Å². The Hall–Kier alpha value is -2.48. The van der Waals surface area contributed by atoms with Crippen molar-refractivity contribution in [1.29, 1.82) is 0 Å². The van der Waals surface area contributed by atoms with E-state index in [0.717, 1.165) is 31.2 Å². The van der Waals surface area contributed by atoms with E-state index in [1.807, 2.05) is 0 Å². The van der Waals surface area contributed by atoms with Gasteiger partial charge in [-0.3, -0.25) is 4.79 Å². The lowest BCUT2D eigenvalue weighted by Gasteiger charge is -2.20. The van der Waals surface area contributed by atoms with Gasteiger partial charge in [0.25, 0.3) is 5.91 Å². The van der Waals surface area contributed by atoms with Crippen molar-refractivity contribution in [2.45, 2.75) is 17.7 Å². The standard InChI is InChI=1S/C18H18F2N2O3S/c1-26(24,25)16-7-3-2-6-13(16)18(23)21-12-10-14(19)17(15(20)11-12)22-8-4-5-9-22/h2-3,6-7,10-11H,4-5,8-9H2,1H3,(H,21,23). The van der Waals surface area contributed by atoms with Gasteiger partial charge in [-0.1, -0.05) is 12.1 Å². The summed E-state index contributed by atoms with van der Waals surface area (Å²) in [6.45, 7) is 1.17. The number of carbonyl (C=O) groups is 1. The van der Waals surface area contributed by atoms with Crippen molar-refractivity contribution in [3.05, 3.63) is 53.6 Å². The smallest absolute Gasteiger partial charge is 0.256 e. The van der Waals surface area contributed by atoms with E-state index < -0.39 is 27.4 Å². The summed E-state index contributed by atoms with van der Waals surface area (Å²) >= 11 is 0. The van der Waals surface area contributed by atoms with E-state index in [1.165, 1.54) is 24.3 Å². The molecule has 0 aliphatic carbocycles. The number of halogens is 2. The number of carbonyl (C=O) groups excluding carboxylic acids is 1. The molecule has 1 saturated heterocycles. The number of sulfone groups is 1. The van der Waals surface area contributed by atoms with Crippen LogP contribution in [-0.2, 0) is 9.84 Å². The summed E-state index contributed by atoms with van der Waals surface area (Å²) in [5.74, 6) is -2.28. The number of anilines is 2. The van der Waals surface area contributed by atoms with Crippen molar-refractivity contribution in [1.82, 2.24) is 0 Å². The maximum Gasteiger partial charge on any atom is 0.256 e. The predicted molar refractivity (Wildman–Crippen MR) is 95.3 cm³/mol. The van der Waals surface area contributed by atoms with Gasteiger partial charge in [-0.05, 0) is 37.1 Å². The van der Waals surface area contributed by atoms with Crippen molar-refractivity contribution in [3.8, 4) is 0 Å². The lowest BCUT2D eigenvalue weighted by Crippen LogP contribution is -2.21. The third kappa shape index (κ3) is 3.70. The number of hydrogen-bond donors (Lipinski definition) is 1. The van der Waals surface area contributed by atoms with Gasteiger partial charge >= 0.3 is 0 Å². The lowest BCUT2D eigenvalue weighted by molar-refractivity contribution is 0.102. The van der Waals surface area contributed by atoms with Crippen LogP contribution in [0.15, 0.2) is 41.3 Å².